The molecule has 2 rings (SSSR count). The van der Waals surface area contributed by atoms with Crippen LogP contribution in [-0.2, 0) is 0 Å². The molecular weight excluding hydrogens is 266 g/mol. The van der Waals surface area contributed by atoms with Gasteiger partial charge in [-0.25, -0.2) is 0 Å². The fourth-order valence-electron chi connectivity index (χ4n) is 2.04. The minimum absolute atomic E-state index is 0.119. The fourth-order valence-corrected chi connectivity index (χ4v) is 2.38. The molecule has 0 saturated carbocycles. The second kappa shape index (κ2) is 6.34. The molecule has 0 aliphatic rings. The summed E-state index contributed by atoms with van der Waals surface area (Å²) >= 11 is 6.28. The summed E-state index contributed by atoms with van der Waals surface area (Å²) in [4.78, 5) is 1.97. The number of hydrogen-bond donors (Lipinski definition) is 3. The highest BCUT2D eigenvalue weighted by atomic mass is 35.5. The lowest BCUT2D eigenvalue weighted by Crippen LogP contribution is -2.24. The van der Waals surface area contributed by atoms with Crippen molar-refractivity contribution in [2.24, 2.45) is 0 Å². The van der Waals surface area contributed by atoms with E-state index in [1.165, 1.54) is 0 Å². The van der Waals surface area contributed by atoms with Crippen molar-refractivity contribution in [1.29, 1.82) is 0 Å². The molecule has 1 atom stereocenters. The molecule has 3 N–H and O–H groups in total. The van der Waals surface area contributed by atoms with Gasteiger partial charge in [0.15, 0.2) is 0 Å². The third-order valence-electron chi connectivity index (χ3n) is 3.21. The average Bonchev–Trinajstić information content (AvgIpc) is 2.86. The highest BCUT2D eigenvalue weighted by molar-refractivity contribution is 6.36. The van der Waals surface area contributed by atoms with Crippen molar-refractivity contribution in [2.45, 2.75) is 12.5 Å². The third kappa shape index (κ3) is 3.25. The Hall–Kier alpha value is -1.14. The van der Waals surface area contributed by atoms with E-state index in [1.54, 1.807) is 6.20 Å². The van der Waals surface area contributed by atoms with Gasteiger partial charge < -0.3 is 15.1 Å². The minimum Gasteiger partial charge on any atom is -0.395 e. The van der Waals surface area contributed by atoms with Crippen molar-refractivity contribution >= 4 is 22.5 Å². The number of aliphatic hydroxyl groups excluding tert-OH is 2. The van der Waals surface area contributed by atoms with Crippen LogP contribution in [0.15, 0.2) is 18.3 Å². The van der Waals surface area contributed by atoms with Gasteiger partial charge in [0.1, 0.15) is 0 Å². The molecular formula is C13H18ClN3O2. The van der Waals surface area contributed by atoms with Gasteiger partial charge in [-0.1, -0.05) is 17.7 Å². The highest BCUT2D eigenvalue weighted by Crippen LogP contribution is 2.31. The molecule has 5 nitrogen and oxygen atoms in total. The second-order valence-corrected chi connectivity index (χ2v) is 5.01. The number of aromatic nitrogens is 2. The van der Waals surface area contributed by atoms with E-state index in [0.29, 0.717) is 30.1 Å². The summed E-state index contributed by atoms with van der Waals surface area (Å²) in [5, 5.41) is 27.2. The molecule has 0 bridgehead atoms. The molecule has 104 valence electrons. The fraction of sp³-hybridized carbons (Fsp3) is 0.462. The lowest BCUT2D eigenvalue weighted by molar-refractivity contribution is 0.141. The first kappa shape index (κ1) is 14.3. The lowest BCUT2D eigenvalue weighted by Gasteiger charge is -2.18. The van der Waals surface area contributed by atoms with Crippen LogP contribution in [0.1, 0.15) is 18.1 Å². The lowest BCUT2D eigenvalue weighted by atomic mass is 10.0. The summed E-state index contributed by atoms with van der Waals surface area (Å²) in [7, 11) is 1.91. The number of nitrogens with one attached hydrogen (secondary N) is 1. The van der Waals surface area contributed by atoms with Crippen LogP contribution in [0.2, 0.25) is 5.02 Å². The summed E-state index contributed by atoms with van der Waals surface area (Å²) in [6.45, 7) is 1.41. The van der Waals surface area contributed by atoms with E-state index in [4.69, 9.17) is 16.7 Å². The number of nitrogens with zero attached hydrogens (tertiary/aromatic N) is 2. The number of aromatic amines is 1. The summed E-state index contributed by atoms with van der Waals surface area (Å²) in [5.74, 6) is 0. The standard InChI is InChI=1S/C13H18ClN3O2/c1-17(6-7-18)5-4-12(19)9-2-3-11-10(13(9)14)8-15-16-11/h2-3,8,12,18-19H,4-7H2,1H3,(H,15,16). The topological polar surface area (TPSA) is 72.4 Å². The first-order valence-corrected chi connectivity index (χ1v) is 6.60. The number of rotatable bonds is 6. The Labute approximate surface area is 116 Å². The van der Waals surface area contributed by atoms with Crippen molar-refractivity contribution in [3.8, 4) is 0 Å². The number of aliphatic hydroxyl groups is 2. The molecule has 19 heavy (non-hydrogen) atoms. The van der Waals surface area contributed by atoms with Crippen LogP contribution < -0.4 is 0 Å². The number of halogens is 1. The Morgan fingerprint density at radius 2 is 2.21 bits per heavy atom. The molecule has 2 aromatic rings. The van der Waals surface area contributed by atoms with Crippen LogP contribution in [-0.4, -0.2) is 52.1 Å². The largest absolute Gasteiger partial charge is 0.395 e. The zero-order valence-corrected chi connectivity index (χ0v) is 11.6. The quantitative estimate of drug-likeness (QED) is 0.752. The van der Waals surface area contributed by atoms with Crippen LogP contribution in [0.25, 0.3) is 10.9 Å². The highest BCUT2D eigenvalue weighted by Gasteiger charge is 2.15. The number of benzene rings is 1. The van der Waals surface area contributed by atoms with Crippen LogP contribution in [0.4, 0.5) is 0 Å². The SMILES string of the molecule is CN(CCO)CCC(O)c1ccc2[nH]ncc2c1Cl. The molecule has 1 aromatic carbocycles. The number of fused-ring (bicyclic) bond motifs is 1. The van der Waals surface area contributed by atoms with Gasteiger partial charge in [-0.05, 0) is 25.1 Å². The van der Waals surface area contributed by atoms with Crippen molar-refractivity contribution in [3.63, 3.8) is 0 Å². The molecule has 6 heteroatoms. The van der Waals surface area contributed by atoms with Crippen LogP contribution in [0.3, 0.4) is 0 Å². The number of H-pyrrole nitrogens is 1. The van der Waals surface area contributed by atoms with E-state index in [9.17, 15) is 5.11 Å². The normalized spacial score (nSPS) is 13.3. The predicted octanol–water partition coefficient (Wildman–Crippen LogP) is 1.56. The van der Waals surface area contributed by atoms with E-state index in [1.807, 2.05) is 24.1 Å². The Balaban J connectivity index is 2.08. The molecule has 0 aliphatic heterocycles. The van der Waals surface area contributed by atoms with E-state index in [2.05, 4.69) is 10.2 Å². The predicted molar refractivity (Wildman–Crippen MR) is 75.3 cm³/mol. The zero-order chi connectivity index (χ0) is 13.8. The van der Waals surface area contributed by atoms with Crippen LogP contribution in [0, 0.1) is 0 Å². The van der Waals surface area contributed by atoms with Crippen molar-refractivity contribution < 1.29 is 10.2 Å². The van der Waals surface area contributed by atoms with Crippen LogP contribution in [0.5, 0.6) is 0 Å². The van der Waals surface area contributed by atoms with E-state index < -0.39 is 6.10 Å². The monoisotopic (exact) mass is 283 g/mol. The maximum atomic E-state index is 10.2. The summed E-state index contributed by atoms with van der Waals surface area (Å²) in [5.41, 5.74) is 1.58. The number of hydrogen-bond acceptors (Lipinski definition) is 4. The Kier molecular flexibility index (Phi) is 4.76. The maximum Gasteiger partial charge on any atom is 0.0816 e. The molecule has 0 spiro atoms. The Morgan fingerprint density at radius 1 is 1.42 bits per heavy atom. The number of likely N-dealkylation sites (N-methyl/N-ethyl adjacent to an activating group) is 1. The summed E-state index contributed by atoms with van der Waals surface area (Å²) in [6.07, 6.45) is 1.61. The van der Waals surface area contributed by atoms with E-state index in [-0.39, 0.29) is 6.61 Å². The average molecular weight is 284 g/mol. The summed E-state index contributed by atoms with van der Waals surface area (Å²) < 4.78 is 0. The molecule has 0 saturated heterocycles. The van der Waals surface area contributed by atoms with Crippen molar-refractivity contribution in [3.05, 3.63) is 28.9 Å². The zero-order valence-electron chi connectivity index (χ0n) is 10.8. The molecule has 0 amide bonds. The molecule has 0 fully saturated rings. The van der Waals surface area contributed by atoms with Crippen LogP contribution >= 0.6 is 11.6 Å². The maximum absolute atomic E-state index is 10.2. The minimum atomic E-state index is -0.618. The molecule has 1 unspecified atom stereocenters. The first-order valence-electron chi connectivity index (χ1n) is 6.22. The Bertz CT molecular complexity index is 544. The second-order valence-electron chi connectivity index (χ2n) is 4.63. The molecule has 0 radical (unpaired) electrons. The van der Waals surface area contributed by atoms with Gasteiger partial charge in [0.25, 0.3) is 0 Å². The van der Waals surface area contributed by atoms with Gasteiger partial charge in [0.05, 0.1) is 29.4 Å². The van der Waals surface area contributed by atoms with Gasteiger partial charge in [0, 0.05) is 18.5 Å². The van der Waals surface area contributed by atoms with E-state index in [0.717, 1.165) is 10.9 Å². The summed E-state index contributed by atoms with van der Waals surface area (Å²) in [6, 6.07) is 3.68. The van der Waals surface area contributed by atoms with Gasteiger partial charge in [-0.15, -0.1) is 0 Å². The van der Waals surface area contributed by atoms with E-state index >= 15 is 0 Å². The Morgan fingerprint density at radius 3 is 2.95 bits per heavy atom. The first-order chi connectivity index (χ1) is 9.13. The van der Waals surface area contributed by atoms with Crippen molar-refractivity contribution in [1.82, 2.24) is 15.1 Å². The van der Waals surface area contributed by atoms with Gasteiger partial charge in [-0.3, -0.25) is 5.10 Å². The molecule has 0 aliphatic carbocycles. The third-order valence-corrected chi connectivity index (χ3v) is 3.64. The van der Waals surface area contributed by atoms with Gasteiger partial charge in [0.2, 0.25) is 0 Å². The van der Waals surface area contributed by atoms with Gasteiger partial charge >= 0.3 is 0 Å². The molecule has 1 aromatic heterocycles. The van der Waals surface area contributed by atoms with Gasteiger partial charge in [-0.2, -0.15) is 5.10 Å². The smallest absolute Gasteiger partial charge is 0.0816 e. The van der Waals surface area contributed by atoms with Crippen molar-refractivity contribution in [2.75, 3.05) is 26.7 Å². The molecule has 1 heterocycles.